The second kappa shape index (κ2) is 5.26. The summed E-state index contributed by atoms with van der Waals surface area (Å²) in [7, 11) is 1.89. The van der Waals surface area contributed by atoms with Gasteiger partial charge in [0.2, 0.25) is 5.91 Å². The van der Waals surface area contributed by atoms with Crippen molar-refractivity contribution < 1.29 is 4.79 Å². The molecule has 0 aliphatic rings. The molecule has 1 aromatic carbocycles. The minimum Gasteiger partial charge on any atom is -0.326 e. The lowest BCUT2D eigenvalue weighted by Gasteiger charge is -2.08. The van der Waals surface area contributed by atoms with Crippen molar-refractivity contribution in [1.29, 1.82) is 0 Å². The lowest BCUT2D eigenvalue weighted by Crippen LogP contribution is -2.16. The number of para-hydroxylation sites is 1. The summed E-state index contributed by atoms with van der Waals surface area (Å²) in [5.41, 5.74) is 4.90. The van der Waals surface area contributed by atoms with Crippen molar-refractivity contribution in [3.05, 3.63) is 46.8 Å². The molecule has 4 nitrogen and oxygen atoms in total. The Labute approximate surface area is 113 Å². The van der Waals surface area contributed by atoms with E-state index in [9.17, 15) is 4.79 Å². The van der Waals surface area contributed by atoms with E-state index in [1.807, 2.05) is 56.8 Å². The maximum absolute atomic E-state index is 12.1. The van der Waals surface area contributed by atoms with Gasteiger partial charge in [-0.3, -0.25) is 9.48 Å². The number of amides is 1. The number of hydrogen-bond donors (Lipinski definition) is 1. The van der Waals surface area contributed by atoms with E-state index >= 15 is 0 Å². The molecule has 0 bridgehead atoms. The summed E-state index contributed by atoms with van der Waals surface area (Å²) >= 11 is 0. The molecule has 1 heterocycles. The highest BCUT2D eigenvalue weighted by Crippen LogP contribution is 2.16. The van der Waals surface area contributed by atoms with Crippen LogP contribution in [0.3, 0.4) is 0 Å². The monoisotopic (exact) mass is 257 g/mol. The topological polar surface area (TPSA) is 46.9 Å². The Morgan fingerprint density at radius 3 is 2.53 bits per heavy atom. The van der Waals surface area contributed by atoms with Gasteiger partial charge in [-0.05, 0) is 32.4 Å². The van der Waals surface area contributed by atoms with Crippen LogP contribution in [0.5, 0.6) is 0 Å². The molecule has 4 heteroatoms. The standard InChI is InChI=1S/C15H19N3O/c1-10-7-5-6-8-14(10)16-15(19)9-13-11(2)17-18(4)12(13)3/h5-8H,9H2,1-4H3,(H,16,19). The van der Waals surface area contributed by atoms with Gasteiger partial charge in [-0.15, -0.1) is 0 Å². The van der Waals surface area contributed by atoms with E-state index in [4.69, 9.17) is 0 Å². The number of rotatable bonds is 3. The first-order valence-electron chi connectivity index (χ1n) is 6.33. The van der Waals surface area contributed by atoms with Crippen molar-refractivity contribution in [1.82, 2.24) is 9.78 Å². The summed E-state index contributed by atoms with van der Waals surface area (Å²) in [6.07, 6.45) is 0.361. The zero-order valence-corrected chi connectivity index (χ0v) is 11.8. The van der Waals surface area contributed by atoms with Crippen LogP contribution in [0.4, 0.5) is 5.69 Å². The number of nitrogens with zero attached hydrogens (tertiary/aromatic N) is 2. The van der Waals surface area contributed by atoms with E-state index in [0.29, 0.717) is 6.42 Å². The van der Waals surface area contributed by atoms with E-state index in [-0.39, 0.29) is 5.91 Å². The molecule has 19 heavy (non-hydrogen) atoms. The van der Waals surface area contributed by atoms with Crippen molar-refractivity contribution >= 4 is 11.6 Å². The maximum atomic E-state index is 12.1. The maximum Gasteiger partial charge on any atom is 0.228 e. The molecule has 0 spiro atoms. The van der Waals surface area contributed by atoms with Gasteiger partial charge in [-0.2, -0.15) is 5.10 Å². The number of aromatic nitrogens is 2. The molecule has 0 saturated carbocycles. The van der Waals surface area contributed by atoms with Gasteiger partial charge in [0.15, 0.2) is 0 Å². The van der Waals surface area contributed by atoms with E-state index in [1.54, 1.807) is 0 Å². The molecular formula is C15H19N3O. The molecule has 100 valence electrons. The van der Waals surface area contributed by atoms with E-state index in [0.717, 1.165) is 28.2 Å². The van der Waals surface area contributed by atoms with Gasteiger partial charge in [-0.1, -0.05) is 18.2 Å². The van der Waals surface area contributed by atoms with Crippen LogP contribution in [0.1, 0.15) is 22.5 Å². The molecule has 0 aliphatic heterocycles. The Morgan fingerprint density at radius 1 is 1.26 bits per heavy atom. The molecule has 2 rings (SSSR count). The summed E-state index contributed by atoms with van der Waals surface area (Å²) in [5.74, 6) is -0.00602. The Morgan fingerprint density at radius 2 is 1.95 bits per heavy atom. The average molecular weight is 257 g/mol. The second-order valence-electron chi connectivity index (χ2n) is 4.81. The lowest BCUT2D eigenvalue weighted by atomic mass is 10.1. The summed E-state index contributed by atoms with van der Waals surface area (Å²) in [6, 6.07) is 7.77. The number of carbonyl (C=O) groups excluding carboxylic acids is 1. The number of benzene rings is 1. The van der Waals surface area contributed by atoms with Crippen molar-refractivity contribution in [3.63, 3.8) is 0 Å². The smallest absolute Gasteiger partial charge is 0.228 e. The zero-order valence-electron chi connectivity index (χ0n) is 11.8. The molecule has 0 unspecified atom stereocenters. The minimum absolute atomic E-state index is 0.00602. The van der Waals surface area contributed by atoms with E-state index in [1.165, 1.54) is 0 Å². The highest BCUT2D eigenvalue weighted by atomic mass is 16.1. The van der Waals surface area contributed by atoms with Crippen molar-refractivity contribution in [2.45, 2.75) is 27.2 Å². The quantitative estimate of drug-likeness (QED) is 0.918. The number of anilines is 1. The third kappa shape index (κ3) is 2.84. The molecular weight excluding hydrogens is 238 g/mol. The Kier molecular flexibility index (Phi) is 3.69. The number of hydrogen-bond acceptors (Lipinski definition) is 2. The lowest BCUT2D eigenvalue weighted by molar-refractivity contribution is -0.115. The van der Waals surface area contributed by atoms with Crippen molar-refractivity contribution in [3.8, 4) is 0 Å². The molecule has 1 N–H and O–H groups in total. The van der Waals surface area contributed by atoms with E-state index in [2.05, 4.69) is 10.4 Å². The molecule has 0 atom stereocenters. The van der Waals surface area contributed by atoms with Crippen LogP contribution in [0.2, 0.25) is 0 Å². The first-order valence-corrected chi connectivity index (χ1v) is 6.33. The summed E-state index contributed by atoms with van der Waals surface area (Å²) in [4.78, 5) is 12.1. The normalized spacial score (nSPS) is 10.5. The van der Waals surface area contributed by atoms with Gasteiger partial charge in [0, 0.05) is 24.0 Å². The van der Waals surface area contributed by atoms with Gasteiger partial charge in [0.05, 0.1) is 12.1 Å². The van der Waals surface area contributed by atoms with Gasteiger partial charge in [0.25, 0.3) is 0 Å². The predicted molar refractivity (Wildman–Crippen MR) is 76.2 cm³/mol. The number of aryl methyl sites for hydroxylation is 3. The Bertz CT molecular complexity index is 614. The fourth-order valence-corrected chi connectivity index (χ4v) is 2.14. The van der Waals surface area contributed by atoms with Gasteiger partial charge in [0.1, 0.15) is 0 Å². The third-order valence-corrected chi connectivity index (χ3v) is 3.42. The molecule has 1 amide bonds. The van der Waals surface area contributed by atoms with Crippen LogP contribution in [-0.2, 0) is 18.3 Å². The van der Waals surface area contributed by atoms with Gasteiger partial charge >= 0.3 is 0 Å². The highest BCUT2D eigenvalue weighted by Gasteiger charge is 2.13. The van der Waals surface area contributed by atoms with Gasteiger partial charge < -0.3 is 5.32 Å². The minimum atomic E-state index is -0.00602. The summed E-state index contributed by atoms with van der Waals surface area (Å²) in [5, 5.41) is 7.27. The fourth-order valence-electron chi connectivity index (χ4n) is 2.14. The van der Waals surface area contributed by atoms with Crippen molar-refractivity contribution in [2.24, 2.45) is 7.05 Å². The molecule has 1 aromatic heterocycles. The second-order valence-corrected chi connectivity index (χ2v) is 4.81. The van der Waals surface area contributed by atoms with Crippen molar-refractivity contribution in [2.75, 3.05) is 5.32 Å². The number of carbonyl (C=O) groups is 1. The molecule has 0 saturated heterocycles. The summed E-state index contributed by atoms with van der Waals surface area (Å²) < 4.78 is 1.81. The van der Waals surface area contributed by atoms with Crippen LogP contribution in [0.15, 0.2) is 24.3 Å². The number of nitrogens with one attached hydrogen (secondary N) is 1. The van der Waals surface area contributed by atoms with E-state index < -0.39 is 0 Å². The Hall–Kier alpha value is -2.10. The fraction of sp³-hybridized carbons (Fsp3) is 0.333. The molecule has 0 radical (unpaired) electrons. The Balaban J connectivity index is 2.12. The zero-order chi connectivity index (χ0) is 14.0. The largest absolute Gasteiger partial charge is 0.326 e. The SMILES string of the molecule is Cc1ccccc1NC(=O)Cc1c(C)nn(C)c1C. The predicted octanol–water partition coefficient (Wildman–Crippen LogP) is 2.53. The van der Waals surface area contributed by atoms with Crippen LogP contribution in [-0.4, -0.2) is 15.7 Å². The average Bonchev–Trinajstić information content (AvgIpc) is 2.59. The molecule has 0 fully saturated rings. The van der Waals surface area contributed by atoms with Crippen LogP contribution >= 0.6 is 0 Å². The van der Waals surface area contributed by atoms with Crippen LogP contribution in [0.25, 0.3) is 0 Å². The summed E-state index contributed by atoms with van der Waals surface area (Å²) in [6.45, 7) is 5.90. The third-order valence-electron chi connectivity index (χ3n) is 3.42. The highest BCUT2D eigenvalue weighted by molar-refractivity contribution is 5.93. The van der Waals surface area contributed by atoms with Crippen LogP contribution < -0.4 is 5.32 Å². The van der Waals surface area contributed by atoms with Crippen LogP contribution in [0, 0.1) is 20.8 Å². The molecule has 0 aliphatic carbocycles. The van der Waals surface area contributed by atoms with Gasteiger partial charge in [-0.25, -0.2) is 0 Å². The first-order chi connectivity index (χ1) is 8.99. The first kappa shape index (κ1) is 13.3. The molecule has 2 aromatic rings.